The largest absolute Gasteiger partial charge is 0.313 e. The van der Waals surface area contributed by atoms with Crippen molar-refractivity contribution in [1.29, 1.82) is 0 Å². The van der Waals surface area contributed by atoms with Gasteiger partial charge in [0.1, 0.15) is 0 Å². The lowest BCUT2D eigenvalue weighted by atomic mass is 10.00. The summed E-state index contributed by atoms with van der Waals surface area (Å²) in [7, 11) is 1.84. The first-order valence-electron chi connectivity index (χ1n) is 6.53. The average Bonchev–Trinajstić information content (AvgIpc) is 2.41. The maximum Gasteiger partial charge on any atom is 0.173 e. The lowest BCUT2D eigenvalue weighted by Crippen LogP contribution is -2.17. The Bertz CT molecular complexity index is 421. The van der Waals surface area contributed by atoms with Gasteiger partial charge in [0.05, 0.1) is 4.47 Å². The van der Waals surface area contributed by atoms with Gasteiger partial charge in [-0.3, -0.25) is 0 Å². The van der Waals surface area contributed by atoms with Crippen LogP contribution in [0.5, 0.6) is 0 Å². The molecule has 1 aromatic rings. The molecule has 1 N–H and O–H groups in total. The lowest BCUT2D eigenvalue weighted by Gasteiger charge is -2.18. The van der Waals surface area contributed by atoms with Crippen molar-refractivity contribution >= 4 is 15.9 Å². The van der Waals surface area contributed by atoms with Gasteiger partial charge in [0.25, 0.3) is 0 Å². The van der Waals surface area contributed by atoms with Gasteiger partial charge in [0.15, 0.2) is 11.6 Å². The Balaban J connectivity index is 2.64. The highest BCUT2D eigenvalue weighted by molar-refractivity contribution is 9.10. The normalized spacial score (nSPS) is 12.4. The van der Waals surface area contributed by atoms with Crippen LogP contribution in [0, 0.1) is 11.6 Å². The van der Waals surface area contributed by atoms with E-state index in [0.29, 0.717) is 0 Å². The second-order valence-electron chi connectivity index (χ2n) is 4.53. The summed E-state index contributed by atoms with van der Waals surface area (Å²) in [6.45, 7) is 3.69. The minimum atomic E-state index is -0.823. The summed E-state index contributed by atoms with van der Waals surface area (Å²) in [5, 5.41) is 3.16. The molecule has 1 rings (SSSR count). The Labute approximate surface area is 122 Å². The van der Waals surface area contributed by atoms with Gasteiger partial charge < -0.3 is 5.32 Å². The zero-order chi connectivity index (χ0) is 14.3. The molecule has 106 valence electrons. The van der Waals surface area contributed by atoms with Crippen molar-refractivity contribution in [3.05, 3.63) is 46.5 Å². The fourth-order valence-electron chi connectivity index (χ4n) is 2.08. The van der Waals surface area contributed by atoms with Crippen molar-refractivity contribution in [2.45, 2.75) is 38.1 Å². The van der Waals surface area contributed by atoms with E-state index < -0.39 is 11.6 Å². The van der Waals surface area contributed by atoms with Crippen LogP contribution in [-0.2, 0) is 0 Å². The summed E-state index contributed by atoms with van der Waals surface area (Å²) in [5.41, 5.74) is 0.769. The van der Waals surface area contributed by atoms with Crippen LogP contribution in [0.4, 0.5) is 8.78 Å². The summed E-state index contributed by atoms with van der Waals surface area (Å²) in [6.07, 6.45) is 7.13. The van der Waals surface area contributed by atoms with Crippen LogP contribution in [0.2, 0.25) is 0 Å². The number of hydrogen-bond donors (Lipinski definition) is 1. The SMILES string of the molecule is C=CCCCCCC(NC)c1ccc(F)c(F)c1Br. The van der Waals surface area contributed by atoms with Gasteiger partial charge >= 0.3 is 0 Å². The molecule has 0 heterocycles. The quantitative estimate of drug-likeness (QED) is 0.396. The van der Waals surface area contributed by atoms with Crippen LogP contribution in [0.25, 0.3) is 0 Å². The Kier molecular flexibility index (Phi) is 7.24. The highest BCUT2D eigenvalue weighted by atomic mass is 79.9. The fraction of sp³-hybridized carbons (Fsp3) is 0.467. The van der Waals surface area contributed by atoms with Crippen LogP contribution in [0.1, 0.15) is 43.7 Å². The van der Waals surface area contributed by atoms with Gasteiger partial charge in [0.2, 0.25) is 0 Å². The third-order valence-corrected chi connectivity index (χ3v) is 4.00. The molecule has 0 saturated carbocycles. The molecule has 0 radical (unpaired) electrons. The van der Waals surface area contributed by atoms with Crippen molar-refractivity contribution in [2.24, 2.45) is 0 Å². The molecule has 0 bridgehead atoms. The number of benzene rings is 1. The molecule has 1 nitrogen and oxygen atoms in total. The summed E-state index contributed by atoms with van der Waals surface area (Å²) in [4.78, 5) is 0. The first-order chi connectivity index (χ1) is 9.11. The minimum absolute atomic E-state index is 0.0354. The van der Waals surface area contributed by atoms with Gasteiger partial charge in [-0.1, -0.05) is 25.0 Å². The maximum atomic E-state index is 13.5. The van der Waals surface area contributed by atoms with E-state index in [4.69, 9.17) is 0 Å². The Morgan fingerprint density at radius 3 is 2.68 bits per heavy atom. The van der Waals surface area contributed by atoms with Crippen LogP contribution >= 0.6 is 15.9 Å². The first kappa shape index (κ1) is 16.3. The van der Waals surface area contributed by atoms with E-state index in [2.05, 4.69) is 27.8 Å². The van der Waals surface area contributed by atoms with Crippen molar-refractivity contribution in [3.63, 3.8) is 0 Å². The molecule has 1 atom stereocenters. The monoisotopic (exact) mass is 331 g/mol. The Hall–Kier alpha value is -0.740. The van der Waals surface area contributed by atoms with E-state index in [1.807, 2.05) is 13.1 Å². The minimum Gasteiger partial charge on any atom is -0.313 e. The number of halogens is 3. The number of unbranched alkanes of at least 4 members (excludes halogenated alkanes) is 3. The Morgan fingerprint density at radius 2 is 2.05 bits per heavy atom. The molecule has 0 saturated heterocycles. The summed E-state index contributed by atoms with van der Waals surface area (Å²) >= 11 is 3.14. The number of allylic oxidation sites excluding steroid dienone is 1. The molecular formula is C15H20BrF2N. The predicted octanol–water partition coefficient (Wildman–Crippen LogP) is 5.12. The van der Waals surface area contributed by atoms with Crippen LogP contribution < -0.4 is 5.32 Å². The van der Waals surface area contributed by atoms with E-state index in [1.54, 1.807) is 6.07 Å². The van der Waals surface area contributed by atoms with Crippen molar-refractivity contribution in [2.75, 3.05) is 7.05 Å². The van der Waals surface area contributed by atoms with Gasteiger partial charge in [0, 0.05) is 6.04 Å². The van der Waals surface area contributed by atoms with Gasteiger partial charge in [-0.05, 0) is 53.9 Å². The number of hydrogen-bond acceptors (Lipinski definition) is 1. The standard InChI is InChI=1S/C15H20BrF2N/c1-3-4-5-6-7-8-13(19-2)11-9-10-12(17)15(18)14(11)16/h3,9-10,13,19H,1,4-8H2,2H3. The molecular weight excluding hydrogens is 312 g/mol. The molecule has 4 heteroatoms. The van der Waals surface area contributed by atoms with Crippen LogP contribution in [0.3, 0.4) is 0 Å². The van der Waals surface area contributed by atoms with Crippen LogP contribution in [0.15, 0.2) is 29.3 Å². The van der Waals surface area contributed by atoms with Crippen molar-refractivity contribution < 1.29 is 8.78 Å². The molecule has 1 aromatic carbocycles. The van der Waals surface area contributed by atoms with E-state index in [-0.39, 0.29) is 10.5 Å². The maximum absolute atomic E-state index is 13.5. The molecule has 0 fully saturated rings. The second kappa shape index (κ2) is 8.43. The zero-order valence-corrected chi connectivity index (χ0v) is 12.8. The number of nitrogens with one attached hydrogen (secondary N) is 1. The van der Waals surface area contributed by atoms with Crippen molar-refractivity contribution in [1.82, 2.24) is 5.32 Å². The molecule has 0 amide bonds. The fourth-order valence-corrected chi connectivity index (χ4v) is 2.68. The highest BCUT2D eigenvalue weighted by Gasteiger charge is 2.17. The molecule has 0 aromatic heterocycles. The lowest BCUT2D eigenvalue weighted by molar-refractivity contribution is 0.481. The predicted molar refractivity (Wildman–Crippen MR) is 79.1 cm³/mol. The Morgan fingerprint density at radius 1 is 1.32 bits per heavy atom. The topological polar surface area (TPSA) is 12.0 Å². The van der Waals surface area contributed by atoms with E-state index >= 15 is 0 Å². The van der Waals surface area contributed by atoms with Crippen molar-refractivity contribution in [3.8, 4) is 0 Å². The smallest absolute Gasteiger partial charge is 0.173 e. The third-order valence-electron chi connectivity index (χ3n) is 3.19. The molecule has 0 aliphatic carbocycles. The zero-order valence-electron chi connectivity index (χ0n) is 11.2. The molecule has 19 heavy (non-hydrogen) atoms. The van der Waals surface area contributed by atoms with E-state index in [9.17, 15) is 8.78 Å². The summed E-state index contributed by atoms with van der Waals surface area (Å²) < 4.78 is 26.8. The number of rotatable bonds is 8. The van der Waals surface area contributed by atoms with Gasteiger partial charge in [-0.15, -0.1) is 6.58 Å². The average molecular weight is 332 g/mol. The first-order valence-corrected chi connectivity index (χ1v) is 7.32. The molecule has 1 unspecified atom stereocenters. The van der Waals surface area contributed by atoms with Crippen LogP contribution in [-0.4, -0.2) is 7.05 Å². The summed E-state index contributed by atoms with van der Waals surface area (Å²) in [5.74, 6) is -1.64. The molecule has 0 spiro atoms. The highest BCUT2D eigenvalue weighted by Crippen LogP contribution is 2.30. The van der Waals surface area contributed by atoms with E-state index in [1.165, 1.54) is 6.07 Å². The van der Waals surface area contributed by atoms with Gasteiger partial charge in [-0.25, -0.2) is 8.78 Å². The van der Waals surface area contributed by atoms with Gasteiger partial charge in [-0.2, -0.15) is 0 Å². The third kappa shape index (κ3) is 4.69. The second-order valence-corrected chi connectivity index (χ2v) is 5.33. The summed E-state index contributed by atoms with van der Waals surface area (Å²) in [6, 6.07) is 2.85. The molecule has 0 aliphatic rings. The molecule has 0 aliphatic heterocycles. The van der Waals surface area contributed by atoms with E-state index in [0.717, 1.165) is 37.7 Å².